The highest BCUT2D eigenvalue weighted by Gasteiger charge is 2.51. The maximum Gasteiger partial charge on any atom is 0.231 e. The zero-order valence-corrected chi connectivity index (χ0v) is 12.0. The monoisotopic (exact) mass is 295 g/mol. The van der Waals surface area contributed by atoms with Gasteiger partial charge < -0.3 is 14.6 Å². The van der Waals surface area contributed by atoms with Crippen molar-refractivity contribution in [3.05, 3.63) is 22.7 Å². The lowest BCUT2D eigenvalue weighted by molar-refractivity contribution is 0.0481. The number of aliphatic hydroxyl groups is 1. The molecule has 1 N–H and O–H groups in total. The Morgan fingerprint density at radius 2 is 2.05 bits per heavy atom. The van der Waals surface area contributed by atoms with E-state index in [1.54, 1.807) is 0 Å². The highest BCUT2D eigenvalue weighted by Crippen LogP contribution is 2.45. The zero-order valence-electron chi connectivity index (χ0n) is 11.3. The van der Waals surface area contributed by atoms with Crippen LogP contribution in [-0.2, 0) is 6.54 Å². The minimum Gasteiger partial charge on any atom is -0.454 e. The number of halogens is 1. The van der Waals surface area contributed by atoms with E-state index < -0.39 is 5.60 Å². The van der Waals surface area contributed by atoms with Gasteiger partial charge in [-0.15, -0.1) is 0 Å². The minimum absolute atomic E-state index is 0.265. The van der Waals surface area contributed by atoms with Crippen molar-refractivity contribution in [1.82, 2.24) is 4.90 Å². The van der Waals surface area contributed by atoms with Crippen molar-refractivity contribution in [3.63, 3.8) is 0 Å². The Morgan fingerprint density at radius 3 is 2.80 bits per heavy atom. The molecule has 1 aliphatic carbocycles. The van der Waals surface area contributed by atoms with Crippen LogP contribution in [0, 0.1) is 0 Å². The third-order valence-electron chi connectivity index (χ3n) is 4.66. The molecule has 0 amide bonds. The number of likely N-dealkylation sites (tertiary alicyclic amines) is 1. The maximum absolute atomic E-state index is 10.4. The first kappa shape index (κ1) is 12.7. The first-order valence-corrected chi connectivity index (χ1v) is 7.58. The number of nitrogens with zero attached hydrogens (tertiary/aromatic N) is 1. The van der Waals surface area contributed by atoms with Gasteiger partial charge >= 0.3 is 0 Å². The molecule has 4 nitrogen and oxygen atoms in total. The fourth-order valence-corrected chi connectivity index (χ4v) is 3.60. The predicted molar refractivity (Wildman–Crippen MR) is 75.2 cm³/mol. The molecule has 1 unspecified atom stereocenters. The SMILES string of the molecule is OC1(C2CCCN2Cc2cc3c(cc2Cl)OCO3)CC1. The number of ether oxygens (including phenoxy) is 2. The Morgan fingerprint density at radius 1 is 1.30 bits per heavy atom. The standard InChI is InChI=1S/C15H18ClNO3/c16-11-7-13-12(19-9-20-13)6-10(11)8-17-5-1-2-14(17)15(18)3-4-15/h6-7,14,18H,1-5,8-9H2. The summed E-state index contributed by atoms with van der Waals surface area (Å²) in [5, 5.41) is 11.1. The molecule has 0 spiro atoms. The molecular formula is C15H18ClNO3. The molecule has 3 aliphatic rings. The zero-order chi connectivity index (χ0) is 13.7. The largest absolute Gasteiger partial charge is 0.454 e. The van der Waals surface area contributed by atoms with Crippen LogP contribution in [0.4, 0.5) is 0 Å². The fourth-order valence-electron chi connectivity index (χ4n) is 3.38. The molecule has 1 saturated carbocycles. The molecule has 1 saturated heterocycles. The Hall–Kier alpha value is -0.970. The van der Waals surface area contributed by atoms with Gasteiger partial charge in [0.25, 0.3) is 0 Å². The average Bonchev–Trinajstić information content (AvgIpc) is 2.86. The quantitative estimate of drug-likeness (QED) is 0.930. The molecule has 1 aromatic carbocycles. The molecule has 108 valence electrons. The molecule has 2 fully saturated rings. The summed E-state index contributed by atoms with van der Waals surface area (Å²) in [6.07, 6.45) is 4.10. The van der Waals surface area contributed by atoms with E-state index in [2.05, 4.69) is 4.90 Å². The van der Waals surface area contributed by atoms with E-state index in [9.17, 15) is 5.11 Å². The van der Waals surface area contributed by atoms with Crippen LogP contribution in [0.3, 0.4) is 0 Å². The van der Waals surface area contributed by atoms with E-state index in [0.29, 0.717) is 5.02 Å². The Labute approximate surface area is 123 Å². The lowest BCUT2D eigenvalue weighted by Gasteiger charge is -2.29. The fraction of sp³-hybridized carbons (Fsp3) is 0.600. The summed E-state index contributed by atoms with van der Waals surface area (Å²) in [7, 11) is 0. The van der Waals surface area contributed by atoms with E-state index in [4.69, 9.17) is 21.1 Å². The van der Waals surface area contributed by atoms with Gasteiger partial charge in [0.15, 0.2) is 11.5 Å². The van der Waals surface area contributed by atoms with Crippen molar-refractivity contribution in [2.75, 3.05) is 13.3 Å². The minimum atomic E-state index is -0.445. The molecule has 0 bridgehead atoms. The lowest BCUT2D eigenvalue weighted by Crippen LogP contribution is -2.40. The molecule has 0 aromatic heterocycles. The van der Waals surface area contributed by atoms with E-state index in [0.717, 1.165) is 55.8 Å². The Kier molecular flexibility index (Phi) is 2.88. The molecule has 4 rings (SSSR count). The first-order valence-electron chi connectivity index (χ1n) is 7.20. The van der Waals surface area contributed by atoms with Crippen molar-refractivity contribution in [1.29, 1.82) is 0 Å². The van der Waals surface area contributed by atoms with E-state index >= 15 is 0 Å². The molecule has 2 heterocycles. The normalized spacial score (nSPS) is 27.0. The van der Waals surface area contributed by atoms with Gasteiger partial charge in [-0.25, -0.2) is 0 Å². The van der Waals surface area contributed by atoms with Crippen molar-refractivity contribution >= 4 is 11.6 Å². The van der Waals surface area contributed by atoms with Crippen LogP contribution >= 0.6 is 11.6 Å². The second-order valence-electron chi connectivity index (χ2n) is 6.03. The number of fused-ring (bicyclic) bond motifs is 1. The third-order valence-corrected chi connectivity index (χ3v) is 5.01. The number of hydrogen-bond donors (Lipinski definition) is 1. The Balaban J connectivity index is 1.56. The molecule has 0 radical (unpaired) electrons. The van der Waals surface area contributed by atoms with Gasteiger partial charge in [0.1, 0.15) is 0 Å². The summed E-state index contributed by atoms with van der Waals surface area (Å²) in [5.74, 6) is 1.49. The van der Waals surface area contributed by atoms with Crippen LogP contribution in [-0.4, -0.2) is 35.0 Å². The predicted octanol–water partition coefficient (Wildman–Crippen LogP) is 2.56. The van der Waals surface area contributed by atoms with Gasteiger partial charge in [0, 0.05) is 23.7 Å². The highest BCUT2D eigenvalue weighted by molar-refractivity contribution is 6.31. The van der Waals surface area contributed by atoms with Crippen LogP contribution in [0.25, 0.3) is 0 Å². The summed E-state index contributed by atoms with van der Waals surface area (Å²) in [6.45, 7) is 2.06. The summed E-state index contributed by atoms with van der Waals surface area (Å²) in [6, 6.07) is 4.08. The van der Waals surface area contributed by atoms with Crippen molar-refractivity contribution in [3.8, 4) is 11.5 Å². The van der Waals surface area contributed by atoms with Crippen molar-refractivity contribution < 1.29 is 14.6 Å². The topological polar surface area (TPSA) is 41.9 Å². The average molecular weight is 296 g/mol. The highest BCUT2D eigenvalue weighted by atomic mass is 35.5. The first-order chi connectivity index (χ1) is 9.66. The van der Waals surface area contributed by atoms with E-state index in [-0.39, 0.29) is 12.8 Å². The van der Waals surface area contributed by atoms with E-state index in [1.165, 1.54) is 0 Å². The number of benzene rings is 1. The van der Waals surface area contributed by atoms with Crippen molar-refractivity contribution in [2.24, 2.45) is 0 Å². The number of hydrogen-bond acceptors (Lipinski definition) is 4. The molecule has 1 atom stereocenters. The second kappa shape index (κ2) is 4.52. The molecule has 5 heteroatoms. The summed E-state index contributed by atoms with van der Waals surface area (Å²) >= 11 is 6.34. The molecule has 1 aromatic rings. The Bertz CT molecular complexity index is 544. The smallest absolute Gasteiger partial charge is 0.231 e. The lowest BCUT2D eigenvalue weighted by atomic mass is 10.1. The van der Waals surface area contributed by atoms with Gasteiger partial charge in [0.2, 0.25) is 6.79 Å². The number of rotatable bonds is 3. The second-order valence-corrected chi connectivity index (χ2v) is 6.44. The van der Waals surface area contributed by atoms with Crippen LogP contribution in [0.1, 0.15) is 31.2 Å². The molecule has 2 aliphatic heterocycles. The van der Waals surface area contributed by atoms with Gasteiger partial charge in [-0.05, 0) is 43.9 Å². The van der Waals surface area contributed by atoms with Gasteiger partial charge in [-0.1, -0.05) is 11.6 Å². The van der Waals surface area contributed by atoms with Crippen LogP contribution in [0.15, 0.2) is 12.1 Å². The van der Waals surface area contributed by atoms with Crippen LogP contribution in [0.2, 0.25) is 5.02 Å². The third kappa shape index (κ3) is 2.07. The van der Waals surface area contributed by atoms with Gasteiger partial charge in [-0.3, -0.25) is 4.90 Å². The molecular weight excluding hydrogens is 278 g/mol. The summed E-state index contributed by atoms with van der Waals surface area (Å²) < 4.78 is 10.7. The van der Waals surface area contributed by atoms with Gasteiger partial charge in [-0.2, -0.15) is 0 Å². The maximum atomic E-state index is 10.4. The summed E-state index contributed by atoms with van der Waals surface area (Å²) in [5.41, 5.74) is 0.603. The van der Waals surface area contributed by atoms with E-state index in [1.807, 2.05) is 12.1 Å². The summed E-state index contributed by atoms with van der Waals surface area (Å²) in [4.78, 5) is 2.36. The van der Waals surface area contributed by atoms with Crippen LogP contribution in [0.5, 0.6) is 11.5 Å². The molecule has 20 heavy (non-hydrogen) atoms. The van der Waals surface area contributed by atoms with Gasteiger partial charge in [0.05, 0.1) is 5.60 Å². The van der Waals surface area contributed by atoms with Crippen molar-refractivity contribution in [2.45, 2.75) is 43.9 Å². The van der Waals surface area contributed by atoms with Crippen LogP contribution < -0.4 is 9.47 Å².